The zero-order valence-corrected chi connectivity index (χ0v) is 17.7. The number of rotatable bonds is 6. The van der Waals surface area contributed by atoms with Crippen molar-refractivity contribution in [1.29, 1.82) is 0 Å². The van der Waals surface area contributed by atoms with E-state index in [4.69, 9.17) is 0 Å². The van der Waals surface area contributed by atoms with Gasteiger partial charge in [0.25, 0.3) is 0 Å². The maximum atomic E-state index is 2.61. The smallest absolute Gasteiger partial charge is 0.0320 e. The lowest BCUT2D eigenvalue weighted by atomic mass is 10.4. The van der Waals surface area contributed by atoms with Gasteiger partial charge in [-0.25, -0.2) is 4.44 Å². The summed E-state index contributed by atoms with van der Waals surface area (Å²) in [5.74, 6) is 0. The molecule has 1 nitrogen and oxygen atoms in total. The van der Waals surface area contributed by atoms with Crippen LogP contribution in [0.15, 0.2) is 121 Å². The first-order valence-corrected chi connectivity index (χ1v) is 12.0. The number of hydrogen-bond donors (Lipinski definition) is 0. The fourth-order valence-electron chi connectivity index (χ4n) is 3.33. The van der Waals surface area contributed by atoms with Crippen LogP contribution in [0.2, 0.25) is 0 Å². The predicted octanol–water partition coefficient (Wildman–Crippen LogP) is 5.01. The molecule has 4 aromatic rings. The summed E-state index contributed by atoms with van der Waals surface area (Å²) in [5.41, 5.74) is 0. The maximum Gasteiger partial charge on any atom is 0.0320 e. The van der Waals surface area contributed by atoms with Gasteiger partial charge in [0, 0.05) is 16.1 Å². The van der Waals surface area contributed by atoms with E-state index >= 15 is 0 Å². The van der Waals surface area contributed by atoms with E-state index < -0.39 is 16.1 Å². The third-order valence-electron chi connectivity index (χ3n) is 4.58. The van der Waals surface area contributed by atoms with Gasteiger partial charge in [-0.3, -0.25) is 0 Å². The summed E-state index contributed by atoms with van der Waals surface area (Å²) < 4.78 is 2.61. The Labute approximate surface area is 170 Å². The van der Waals surface area contributed by atoms with E-state index in [1.165, 1.54) is 21.2 Å². The Morgan fingerprint density at radius 1 is 0.393 bits per heavy atom. The quantitative estimate of drug-likeness (QED) is 0.412. The molecule has 4 aromatic carbocycles. The Hall–Kier alpha value is -2.30. The Morgan fingerprint density at radius 3 is 0.821 bits per heavy atom. The van der Waals surface area contributed by atoms with Gasteiger partial charge in [-0.2, -0.15) is 0 Å². The molecule has 0 spiro atoms. The molecule has 0 aliphatic carbocycles. The summed E-state index contributed by atoms with van der Waals surface area (Å²) >= 11 is 0. The van der Waals surface area contributed by atoms with Crippen LogP contribution in [0, 0.1) is 0 Å². The molecule has 28 heavy (non-hydrogen) atoms. The van der Waals surface area contributed by atoms with Crippen molar-refractivity contribution in [3.63, 3.8) is 0 Å². The van der Waals surface area contributed by atoms with Gasteiger partial charge < -0.3 is 0 Å². The summed E-state index contributed by atoms with van der Waals surface area (Å²) in [6, 6.07) is 43.7. The first-order valence-electron chi connectivity index (χ1n) is 9.38. The molecule has 0 saturated heterocycles. The van der Waals surface area contributed by atoms with Gasteiger partial charge in [0.15, 0.2) is 0 Å². The van der Waals surface area contributed by atoms with Crippen LogP contribution in [-0.4, -0.2) is 11.5 Å². The van der Waals surface area contributed by atoms with Crippen LogP contribution in [0.25, 0.3) is 0 Å². The Morgan fingerprint density at radius 2 is 0.607 bits per heavy atom. The molecular formula is C25H23NP2. The van der Waals surface area contributed by atoms with Crippen molar-refractivity contribution in [1.82, 2.24) is 4.44 Å². The van der Waals surface area contributed by atoms with Crippen molar-refractivity contribution in [2.45, 2.75) is 0 Å². The molecule has 0 atom stereocenters. The molecule has 0 N–H and O–H groups in total. The highest BCUT2D eigenvalue weighted by Gasteiger charge is 2.28. The molecule has 0 bridgehead atoms. The lowest BCUT2D eigenvalue weighted by molar-refractivity contribution is 0.912. The minimum Gasteiger partial charge on any atom is -0.248 e. The molecule has 0 fully saturated rings. The second-order valence-electron chi connectivity index (χ2n) is 6.46. The largest absolute Gasteiger partial charge is 0.248 e. The highest BCUT2D eigenvalue weighted by atomic mass is 31.2. The van der Waals surface area contributed by atoms with Crippen molar-refractivity contribution in [2.75, 3.05) is 7.05 Å². The van der Waals surface area contributed by atoms with Crippen LogP contribution >= 0.6 is 16.1 Å². The van der Waals surface area contributed by atoms with Crippen molar-refractivity contribution in [2.24, 2.45) is 0 Å². The van der Waals surface area contributed by atoms with Gasteiger partial charge in [-0.05, 0) is 28.3 Å². The number of benzene rings is 4. The van der Waals surface area contributed by atoms with Crippen LogP contribution < -0.4 is 21.2 Å². The molecule has 0 heterocycles. The molecule has 0 amide bonds. The molecular weight excluding hydrogens is 376 g/mol. The van der Waals surface area contributed by atoms with Gasteiger partial charge in [0.2, 0.25) is 0 Å². The Balaban J connectivity index is 1.84. The first-order chi connectivity index (χ1) is 13.8. The van der Waals surface area contributed by atoms with E-state index in [1.54, 1.807) is 0 Å². The molecule has 0 radical (unpaired) electrons. The van der Waals surface area contributed by atoms with Gasteiger partial charge in [0.1, 0.15) is 0 Å². The molecule has 138 valence electrons. The van der Waals surface area contributed by atoms with Crippen LogP contribution in [0.3, 0.4) is 0 Å². The predicted molar refractivity (Wildman–Crippen MR) is 126 cm³/mol. The van der Waals surface area contributed by atoms with Gasteiger partial charge in [0.05, 0.1) is 0 Å². The second-order valence-corrected chi connectivity index (χ2v) is 11.3. The minimum absolute atomic E-state index is 0.637. The van der Waals surface area contributed by atoms with Gasteiger partial charge >= 0.3 is 0 Å². The van der Waals surface area contributed by atoms with Crippen molar-refractivity contribution < 1.29 is 0 Å². The van der Waals surface area contributed by atoms with E-state index in [0.29, 0.717) is 0 Å². The summed E-state index contributed by atoms with van der Waals surface area (Å²) in [6.07, 6.45) is 0. The minimum atomic E-state index is -0.637. The van der Waals surface area contributed by atoms with Crippen molar-refractivity contribution >= 4 is 37.4 Å². The normalized spacial score (nSPS) is 11.3. The topological polar surface area (TPSA) is 3.24 Å². The highest BCUT2D eigenvalue weighted by molar-refractivity contribution is 7.84. The summed E-state index contributed by atoms with van der Waals surface area (Å²) in [7, 11) is 1.02. The van der Waals surface area contributed by atoms with Crippen LogP contribution in [0.4, 0.5) is 0 Å². The van der Waals surface area contributed by atoms with Crippen LogP contribution in [0.1, 0.15) is 0 Å². The van der Waals surface area contributed by atoms with E-state index in [1.807, 2.05) is 0 Å². The molecule has 3 heteroatoms. The number of nitrogens with zero attached hydrogens (tertiary/aromatic N) is 1. The average Bonchev–Trinajstić information content (AvgIpc) is 2.77. The highest BCUT2D eigenvalue weighted by Crippen LogP contribution is 2.52. The van der Waals surface area contributed by atoms with E-state index in [0.717, 1.165) is 0 Å². The lowest BCUT2D eigenvalue weighted by Crippen LogP contribution is -2.29. The monoisotopic (exact) mass is 399 g/mol. The zero-order chi connectivity index (χ0) is 19.2. The van der Waals surface area contributed by atoms with Crippen molar-refractivity contribution in [3.8, 4) is 0 Å². The van der Waals surface area contributed by atoms with Crippen LogP contribution in [-0.2, 0) is 0 Å². The average molecular weight is 399 g/mol. The summed E-state index contributed by atoms with van der Waals surface area (Å²) in [5, 5.41) is 5.52. The zero-order valence-electron chi connectivity index (χ0n) is 15.9. The van der Waals surface area contributed by atoms with Gasteiger partial charge in [-0.1, -0.05) is 121 Å². The Bertz CT molecular complexity index is 814. The lowest BCUT2D eigenvalue weighted by Gasteiger charge is -2.36. The third kappa shape index (κ3) is 4.23. The fourth-order valence-corrected chi connectivity index (χ4v) is 9.04. The molecule has 0 unspecified atom stereocenters. The van der Waals surface area contributed by atoms with E-state index in [9.17, 15) is 0 Å². The van der Waals surface area contributed by atoms with Crippen LogP contribution in [0.5, 0.6) is 0 Å². The molecule has 0 saturated carbocycles. The number of hydrogen-bond acceptors (Lipinski definition) is 1. The molecule has 0 aromatic heterocycles. The summed E-state index contributed by atoms with van der Waals surface area (Å²) in [4.78, 5) is 0. The standard InChI is InChI=1S/C25H23NP2/c1-26(27(22-14-6-2-7-15-22)23-16-8-3-9-17-23)28(24-18-10-4-11-19-24)25-20-12-5-13-21-25/h2-21H,1H3. The maximum absolute atomic E-state index is 2.61. The molecule has 4 rings (SSSR count). The molecule has 0 aliphatic heterocycles. The van der Waals surface area contributed by atoms with Gasteiger partial charge in [-0.15, -0.1) is 0 Å². The Kier molecular flexibility index (Phi) is 6.30. The van der Waals surface area contributed by atoms with E-state index in [-0.39, 0.29) is 0 Å². The fraction of sp³-hybridized carbons (Fsp3) is 0.0400. The molecule has 0 aliphatic rings. The van der Waals surface area contributed by atoms with Crippen molar-refractivity contribution in [3.05, 3.63) is 121 Å². The SMILES string of the molecule is CN(P(c1ccccc1)c1ccccc1)P(c1ccccc1)c1ccccc1. The summed E-state index contributed by atoms with van der Waals surface area (Å²) in [6.45, 7) is 0. The third-order valence-corrected chi connectivity index (χ3v) is 9.96. The first kappa shape index (κ1) is 19.0. The second kappa shape index (κ2) is 9.26. The van der Waals surface area contributed by atoms with E-state index in [2.05, 4.69) is 133 Å².